The minimum atomic E-state index is 0.684. The molecule has 9 heavy (non-hydrogen) atoms. The van der Waals surface area contributed by atoms with Crippen LogP contribution >= 0.6 is 0 Å². The first-order valence-electron chi connectivity index (χ1n) is 3.69. The molecule has 1 saturated heterocycles. The first-order valence-corrected chi connectivity index (χ1v) is 3.69. The summed E-state index contributed by atoms with van der Waals surface area (Å²) in [5.74, 6) is 2.50. The molecule has 2 nitrogen and oxygen atoms in total. The molecule has 2 rings (SSSR count). The number of fused-ring (bicyclic) bond motifs is 1. The average Bonchev–Trinajstić information content (AvgIpc) is 2.64. The van der Waals surface area contributed by atoms with Crippen molar-refractivity contribution in [1.82, 2.24) is 0 Å². The maximum absolute atomic E-state index is 5.54. The van der Waals surface area contributed by atoms with Gasteiger partial charge < -0.3 is 10.5 Å². The van der Waals surface area contributed by atoms with Crippen LogP contribution in [0.3, 0.4) is 0 Å². The van der Waals surface area contributed by atoms with Gasteiger partial charge in [-0.1, -0.05) is 0 Å². The number of nitrogens with two attached hydrogens (primary N) is 1. The van der Waals surface area contributed by atoms with E-state index in [-0.39, 0.29) is 0 Å². The number of hydrogen-bond acceptors (Lipinski definition) is 2. The van der Waals surface area contributed by atoms with Crippen LogP contribution in [0.5, 0.6) is 0 Å². The Morgan fingerprint density at radius 2 is 2.33 bits per heavy atom. The molecule has 2 N–H and O–H groups in total. The summed E-state index contributed by atoms with van der Waals surface area (Å²) in [5.41, 5.74) is 5.54. The Bertz CT molecular complexity index is 115. The fourth-order valence-electron chi connectivity index (χ4n) is 1.78. The summed E-state index contributed by atoms with van der Waals surface area (Å²) in [6, 6.07) is 0. The van der Waals surface area contributed by atoms with Crippen molar-refractivity contribution in [2.75, 3.05) is 19.8 Å². The first-order chi connectivity index (χ1) is 4.42. The van der Waals surface area contributed by atoms with Gasteiger partial charge in [-0.05, 0) is 30.7 Å². The Hall–Kier alpha value is -0.0800. The third kappa shape index (κ3) is 0.864. The zero-order valence-electron chi connectivity index (χ0n) is 5.55. The molecule has 0 aromatic heterocycles. The van der Waals surface area contributed by atoms with E-state index in [9.17, 15) is 0 Å². The molecule has 0 aromatic rings. The fourth-order valence-corrected chi connectivity index (χ4v) is 1.78. The van der Waals surface area contributed by atoms with E-state index in [1.165, 1.54) is 6.42 Å². The second-order valence-corrected chi connectivity index (χ2v) is 3.19. The molecule has 1 aliphatic heterocycles. The minimum absolute atomic E-state index is 0.684. The van der Waals surface area contributed by atoms with Crippen molar-refractivity contribution in [1.29, 1.82) is 0 Å². The lowest BCUT2D eigenvalue weighted by molar-refractivity contribution is 0.0502. The quantitative estimate of drug-likeness (QED) is 0.547. The lowest BCUT2D eigenvalue weighted by Crippen LogP contribution is -2.27. The highest BCUT2D eigenvalue weighted by molar-refractivity contribution is 4.94. The molecule has 0 radical (unpaired) electrons. The second kappa shape index (κ2) is 1.96. The predicted octanol–water partition coefficient (Wildman–Crippen LogP) is 0.228. The monoisotopic (exact) mass is 127 g/mol. The molecule has 2 fully saturated rings. The van der Waals surface area contributed by atoms with E-state index < -0.39 is 0 Å². The standard InChI is InChI=1S/C7H13NO/c8-2-6-4-9-3-5-1-7(5)6/h5-7H,1-4,8H2. The van der Waals surface area contributed by atoms with Crippen molar-refractivity contribution in [3.63, 3.8) is 0 Å². The molecule has 52 valence electrons. The topological polar surface area (TPSA) is 35.2 Å². The van der Waals surface area contributed by atoms with Crippen LogP contribution in [0, 0.1) is 17.8 Å². The smallest absolute Gasteiger partial charge is 0.0509 e. The Balaban J connectivity index is 1.93. The van der Waals surface area contributed by atoms with Crippen molar-refractivity contribution in [2.24, 2.45) is 23.5 Å². The van der Waals surface area contributed by atoms with Gasteiger partial charge in [-0.25, -0.2) is 0 Å². The molecular formula is C7H13NO. The molecule has 2 aliphatic rings. The SMILES string of the molecule is NCC1COCC2CC12. The summed E-state index contributed by atoms with van der Waals surface area (Å²) in [6.07, 6.45) is 1.38. The highest BCUT2D eigenvalue weighted by atomic mass is 16.5. The van der Waals surface area contributed by atoms with Gasteiger partial charge in [-0.3, -0.25) is 0 Å². The van der Waals surface area contributed by atoms with Crippen LogP contribution in [0.1, 0.15) is 6.42 Å². The van der Waals surface area contributed by atoms with Crippen LogP contribution in [0.4, 0.5) is 0 Å². The fraction of sp³-hybridized carbons (Fsp3) is 1.00. The summed E-state index contributed by atoms with van der Waals surface area (Å²) in [7, 11) is 0. The summed E-state index contributed by atoms with van der Waals surface area (Å²) in [6.45, 7) is 2.74. The van der Waals surface area contributed by atoms with E-state index in [0.29, 0.717) is 5.92 Å². The number of ether oxygens (including phenoxy) is 1. The van der Waals surface area contributed by atoms with Crippen LogP contribution in [0.25, 0.3) is 0 Å². The molecule has 2 heteroatoms. The van der Waals surface area contributed by atoms with Crippen LogP contribution in [-0.2, 0) is 4.74 Å². The molecular weight excluding hydrogens is 114 g/mol. The van der Waals surface area contributed by atoms with Crippen molar-refractivity contribution in [2.45, 2.75) is 6.42 Å². The molecule has 1 aliphatic carbocycles. The van der Waals surface area contributed by atoms with Crippen molar-refractivity contribution in [3.8, 4) is 0 Å². The summed E-state index contributed by atoms with van der Waals surface area (Å²) >= 11 is 0. The Kier molecular flexibility index (Phi) is 1.24. The molecule has 3 atom stereocenters. The van der Waals surface area contributed by atoms with Crippen molar-refractivity contribution < 1.29 is 4.74 Å². The van der Waals surface area contributed by atoms with Gasteiger partial charge in [0.25, 0.3) is 0 Å². The minimum Gasteiger partial charge on any atom is -0.381 e. The van der Waals surface area contributed by atoms with Crippen molar-refractivity contribution >= 4 is 0 Å². The van der Waals surface area contributed by atoms with Gasteiger partial charge in [0.1, 0.15) is 0 Å². The van der Waals surface area contributed by atoms with Crippen LogP contribution in [0.15, 0.2) is 0 Å². The van der Waals surface area contributed by atoms with Crippen molar-refractivity contribution in [3.05, 3.63) is 0 Å². The number of hydrogen-bond donors (Lipinski definition) is 1. The lowest BCUT2D eigenvalue weighted by Gasteiger charge is -2.19. The highest BCUT2D eigenvalue weighted by Crippen LogP contribution is 2.46. The summed E-state index contributed by atoms with van der Waals surface area (Å²) in [4.78, 5) is 0. The number of rotatable bonds is 1. The Labute approximate surface area is 55.4 Å². The molecule has 0 bridgehead atoms. The highest BCUT2D eigenvalue weighted by Gasteiger charge is 2.45. The van der Waals surface area contributed by atoms with Crippen LogP contribution in [-0.4, -0.2) is 19.8 Å². The largest absolute Gasteiger partial charge is 0.381 e. The third-order valence-electron chi connectivity index (χ3n) is 2.55. The molecule has 1 saturated carbocycles. The zero-order valence-corrected chi connectivity index (χ0v) is 5.55. The predicted molar refractivity (Wildman–Crippen MR) is 35.0 cm³/mol. The molecule has 0 amide bonds. The third-order valence-corrected chi connectivity index (χ3v) is 2.55. The first kappa shape index (κ1) is 5.69. The van der Waals surface area contributed by atoms with Crippen LogP contribution in [0.2, 0.25) is 0 Å². The molecule has 1 heterocycles. The summed E-state index contributed by atoms with van der Waals surface area (Å²) in [5, 5.41) is 0. The van der Waals surface area contributed by atoms with E-state index in [2.05, 4.69) is 0 Å². The van der Waals surface area contributed by atoms with E-state index in [1.54, 1.807) is 0 Å². The molecule has 0 spiro atoms. The van der Waals surface area contributed by atoms with Gasteiger partial charge in [0.2, 0.25) is 0 Å². The van der Waals surface area contributed by atoms with Gasteiger partial charge in [0.05, 0.1) is 6.61 Å². The molecule has 3 unspecified atom stereocenters. The van der Waals surface area contributed by atoms with E-state index in [4.69, 9.17) is 10.5 Å². The van der Waals surface area contributed by atoms with Gasteiger partial charge in [0, 0.05) is 6.61 Å². The van der Waals surface area contributed by atoms with E-state index in [0.717, 1.165) is 31.6 Å². The Morgan fingerprint density at radius 3 is 3.00 bits per heavy atom. The van der Waals surface area contributed by atoms with E-state index in [1.807, 2.05) is 0 Å². The maximum atomic E-state index is 5.54. The normalized spacial score (nSPS) is 48.3. The van der Waals surface area contributed by atoms with Gasteiger partial charge in [-0.15, -0.1) is 0 Å². The molecule has 0 aromatic carbocycles. The average molecular weight is 127 g/mol. The Morgan fingerprint density at radius 1 is 1.44 bits per heavy atom. The maximum Gasteiger partial charge on any atom is 0.0509 e. The van der Waals surface area contributed by atoms with E-state index >= 15 is 0 Å². The van der Waals surface area contributed by atoms with Gasteiger partial charge in [-0.2, -0.15) is 0 Å². The van der Waals surface area contributed by atoms with Gasteiger partial charge >= 0.3 is 0 Å². The second-order valence-electron chi connectivity index (χ2n) is 3.19. The van der Waals surface area contributed by atoms with Gasteiger partial charge in [0.15, 0.2) is 0 Å². The zero-order chi connectivity index (χ0) is 6.27. The van der Waals surface area contributed by atoms with Crippen LogP contribution < -0.4 is 5.73 Å². The summed E-state index contributed by atoms with van der Waals surface area (Å²) < 4.78 is 5.35. The lowest BCUT2D eigenvalue weighted by atomic mass is 10.0.